The Morgan fingerprint density at radius 1 is 1.00 bits per heavy atom. The summed E-state index contributed by atoms with van der Waals surface area (Å²) < 4.78 is 4.70. The summed E-state index contributed by atoms with van der Waals surface area (Å²) in [6, 6.07) is 13.1. The number of esters is 1. The van der Waals surface area contributed by atoms with E-state index < -0.39 is 17.8 Å². The van der Waals surface area contributed by atoms with E-state index in [0.29, 0.717) is 12.1 Å². The number of piperidine rings is 1. The first-order valence-electron chi connectivity index (χ1n) is 11.0. The van der Waals surface area contributed by atoms with Crippen LogP contribution in [0.2, 0.25) is 0 Å². The lowest BCUT2D eigenvalue weighted by Gasteiger charge is -2.26. The SMILES string of the molecule is COC(=O)c1cccc(N2C(=O)C(Cl)=C(Nc3ccc(CC(=O)N4CCCCC4)cc3)C2=O)c1. The summed E-state index contributed by atoms with van der Waals surface area (Å²) in [4.78, 5) is 52.8. The number of amides is 3. The van der Waals surface area contributed by atoms with Gasteiger partial charge in [0.15, 0.2) is 0 Å². The Labute approximate surface area is 202 Å². The Balaban J connectivity index is 1.45. The highest BCUT2D eigenvalue weighted by molar-refractivity contribution is 6.53. The van der Waals surface area contributed by atoms with E-state index in [1.54, 1.807) is 30.3 Å². The Morgan fingerprint density at radius 2 is 1.71 bits per heavy atom. The van der Waals surface area contributed by atoms with Crippen LogP contribution in [0.15, 0.2) is 59.3 Å². The van der Waals surface area contributed by atoms with Crippen LogP contribution in [-0.4, -0.2) is 48.8 Å². The molecule has 1 saturated heterocycles. The van der Waals surface area contributed by atoms with Crippen molar-refractivity contribution in [2.45, 2.75) is 25.7 Å². The average molecular weight is 482 g/mol. The van der Waals surface area contributed by atoms with Crippen LogP contribution >= 0.6 is 11.6 Å². The molecule has 2 heterocycles. The van der Waals surface area contributed by atoms with Gasteiger partial charge in [-0.1, -0.05) is 29.8 Å². The van der Waals surface area contributed by atoms with Gasteiger partial charge in [0, 0.05) is 18.8 Å². The predicted molar refractivity (Wildman–Crippen MR) is 127 cm³/mol. The van der Waals surface area contributed by atoms with Crippen molar-refractivity contribution in [3.8, 4) is 0 Å². The second-order valence-corrected chi connectivity index (χ2v) is 8.49. The average Bonchev–Trinajstić information content (AvgIpc) is 3.08. The van der Waals surface area contributed by atoms with E-state index >= 15 is 0 Å². The van der Waals surface area contributed by atoms with Crippen molar-refractivity contribution in [2.24, 2.45) is 0 Å². The maximum atomic E-state index is 13.0. The Bertz CT molecular complexity index is 1170. The third-order valence-electron chi connectivity index (χ3n) is 5.84. The second kappa shape index (κ2) is 10.1. The second-order valence-electron chi connectivity index (χ2n) is 8.12. The highest BCUT2D eigenvalue weighted by atomic mass is 35.5. The summed E-state index contributed by atoms with van der Waals surface area (Å²) >= 11 is 6.20. The molecule has 2 aliphatic rings. The van der Waals surface area contributed by atoms with Crippen molar-refractivity contribution < 1.29 is 23.9 Å². The molecule has 0 unspecified atom stereocenters. The summed E-state index contributed by atoms with van der Waals surface area (Å²) in [6.45, 7) is 1.61. The van der Waals surface area contributed by atoms with Gasteiger partial charge in [-0.25, -0.2) is 9.69 Å². The maximum Gasteiger partial charge on any atom is 0.337 e. The van der Waals surface area contributed by atoms with Crippen LogP contribution in [0.1, 0.15) is 35.2 Å². The number of nitrogens with one attached hydrogen (secondary N) is 1. The number of rotatable bonds is 6. The highest BCUT2D eigenvalue weighted by Gasteiger charge is 2.39. The zero-order chi connectivity index (χ0) is 24.2. The molecule has 1 N–H and O–H groups in total. The third-order valence-corrected chi connectivity index (χ3v) is 6.19. The van der Waals surface area contributed by atoms with Crippen LogP contribution in [0, 0.1) is 0 Å². The maximum absolute atomic E-state index is 13.0. The molecule has 2 aliphatic heterocycles. The number of anilines is 2. The number of benzene rings is 2. The lowest BCUT2D eigenvalue weighted by atomic mass is 10.1. The number of nitrogens with zero attached hydrogens (tertiary/aromatic N) is 2. The first kappa shape index (κ1) is 23.5. The first-order valence-corrected chi connectivity index (χ1v) is 11.4. The van der Waals surface area contributed by atoms with E-state index in [-0.39, 0.29) is 27.9 Å². The third kappa shape index (κ3) is 4.82. The lowest BCUT2D eigenvalue weighted by molar-refractivity contribution is -0.131. The van der Waals surface area contributed by atoms with Gasteiger partial charge in [-0.15, -0.1) is 0 Å². The number of carbonyl (C=O) groups excluding carboxylic acids is 4. The van der Waals surface area contributed by atoms with Crippen LogP contribution in [-0.2, 0) is 25.5 Å². The van der Waals surface area contributed by atoms with E-state index in [4.69, 9.17) is 16.3 Å². The molecule has 2 aromatic carbocycles. The van der Waals surface area contributed by atoms with Gasteiger partial charge < -0.3 is 15.0 Å². The molecule has 8 nitrogen and oxygen atoms in total. The number of hydrogen-bond donors (Lipinski definition) is 1. The smallest absolute Gasteiger partial charge is 0.337 e. The van der Waals surface area contributed by atoms with E-state index in [1.165, 1.54) is 25.3 Å². The van der Waals surface area contributed by atoms with Gasteiger partial charge in [0.05, 0.1) is 24.8 Å². The predicted octanol–water partition coefficient (Wildman–Crippen LogP) is 3.46. The lowest BCUT2D eigenvalue weighted by Crippen LogP contribution is -2.36. The monoisotopic (exact) mass is 481 g/mol. The molecule has 0 saturated carbocycles. The highest BCUT2D eigenvalue weighted by Crippen LogP contribution is 2.30. The molecule has 0 radical (unpaired) electrons. The summed E-state index contributed by atoms with van der Waals surface area (Å²) in [5.41, 5.74) is 1.75. The summed E-state index contributed by atoms with van der Waals surface area (Å²) in [6.07, 6.45) is 3.56. The fourth-order valence-corrected chi connectivity index (χ4v) is 4.23. The van der Waals surface area contributed by atoms with Crippen LogP contribution in [0.4, 0.5) is 11.4 Å². The molecule has 0 atom stereocenters. The number of halogens is 1. The Kier molecular flexibility index (Phi) is 6.98. The molecule has 2 aromatic rings. The molecule has 176 valence electrons. The summed E-state index contributed by atoms with van der Waals surface area (Å²) in [7, 11) is 1.25. The minimum Gasteiger partial charge on any atom is -0.465 e. The Hall–Kier alpha value is -3.65. The summed E-state index contributed by atoms with van der Waals surface area (Å²) in [5, 5.41) is 2.66. The number of carbonyl (C=O) groups is 4. The molecule has 4 rings (SSSR count). The molecule has 0 aliphatic carbocycles. The van der Waals surface area contributed by atoms with Crippen molar-refractivity contribution in [1.29, 1.82) is 0 Å². The van der Waals surface area contributed by atoms with Gasteiger partial charge in [0.25, 0.3) is 11.8 Å². The molecule has 3 amide bonds. The Morgan fingerprint density at radius 3 is 2.38 bits per heavy atom. The quantitative estimate of drug-likeness (QED) is 0.501. The van der Waals surface area contributed by atoms with Crippen LogP contribution in [0.3, 0.4) is 0 Å². The standard InChI is InChI=1S/C25H24ClN3O5/c1-34-25(33)17-6-5-7-19(15-17)29-23(31)21(26)22(24(29)32)27-18-10-8-16(9-11-18)14-20(30)28-12-3-2-4-13-28/h5-11,15,27H,2-4,12-14H2,1H3. The zero-order valence-corrected chi connectivity index (χ0v) is 19.4. The van der Waals surface area contributed by atoms with Crippen LogP contribution < -0.4 is 10.2 Å². The number of methoxy groups -OCH3 is 1. The first-order chi connectivity index (χ1) is 16.4. The number of hydrogen-bond acceptors (Lipinski definition) is 6. The van der Waals surface area contributed by atoms with Gasteiger partial charge in [-0.3, -0.25) is 14.4 Å². The number of imide groups is 1. The van der Waals surface area contributed by atoms with Gasteiger partial charge in [0.2, 0.25) is 5.91 Å². The van der Waals surface area contributed by atoms with E-state index in [1.807, 2.05) is 4.90 Å². The van der Waals surface area contributed by atoms with Crippen molar-refractivity contribution in [3.63, 3.8) is 0 Å². The number of ether oxygens (including phenoxy) is 1. The normalized spacial score (nSPS) is 16.2. The summed E-state index contributed by atoms with van der Waals surface area (Å²) in [5.74, 6) is -1.81. The van der Waals surface area contributed by atoms with E-state index in [2.05, 4.69) is 5.32 Å². The molecule has 1 fully saturated rings. The van der Waals surface area contributed by atoms with Crippen molar-refractivity contribution in [1.82, 2.24) is 4.90 Å². The molecule has 0 spiro atoms. The topological polar surface area (TPSA) is 96.0 Å². The zero-order valence-electron chi connectivity index (χ0n) is 18.7. The van der Waals surface area contributed by atoms with Crippen LogP contribution in [0.25, 0.3) is 0 Å². The van der Waals surface area contributed by atoms with E-state index in [9.17, 15) is 19.2 Å². The van der Waals surface area contributed by atoms with Crippen LogP contribution in [0.5, 0.6) is 0 Å². The molecule has 0 aromatic heterocycles. The fourth-order valence-electron chi connectivity index (χ4n) is 4.02. The van der Waals surface area contributed by atoms with Gasteiger partial charge >= 0.3 is 5.97 Å². The largest absolute Gasteiger partial charge is 0.465 e. The van der Waals surface area contributed by atoms with Crippen molar-refractivity contribution in [2.75, 3.05) is 30.4 Å². The molecule has 0 bridgehead atoms. The van der Waals surface area contributed by atoms with E-state index in [0.717, 1.165) is 42.8 Å². The minimum absolute atomic E-state index is 0.0627. The van der Waals surface area contributed by atoms with Crippen molar-refractivity contribution in [3.05, 3.63) is 70.4 Å². The van der Waals surface area contributed by atoms with Gasteiger partial charge in [-0.05, 0) is 55.2 Å². The van der Waals surface area contributed by atoms with Gasteiger partial charge in [-0.2, -0.15) is 0 Å². The number of likely N-dealkylation sites (tertiary alicyclic amines) is 1. The molecule has 9 heteroatoms. The van der Waals surface area contributed by atoms with Crippen molar-refractivity contribution >= 4 is 46.7 Å². The molecule has 34 heavy (non-hydrogen) atoms. The molecular weight excluding hydrogens is 458 g/mol. The fraction of sp³-hybridized carbons (Fsp3) is 0.280. The van der Waals surface area contributed by atoms with Gasteiger partial charge in [0.1, 0.15) is 10.7 Å². The molecular formula is C25H24ClN3O5. The minimum atomic E-state index is -0.695.